The van der Waals surface area contributed by atoms with Gasteiger partial charge in [0.05, 0.1) is 4.92 Å². The van der Waals surface area contributed by atoms with Crippen LogP contribution >= 0.6 is 0 Å². The first kappa shape index (κ1) is 11.2. The molecule has 1 aromatic carbocycles. The minimum absolute atomic E-state index is 0.0491. The van der Waals surface area contributed by atoms with Crippen molar-refractivity contribution in [1.29, 1.82) is 0 Å². The van der Waals surface area contributed by atoms with Crippen molar-refractivity contribution >= 4 is 11.7 Å². The number of nitro benzene ring substituents is 1. The van der Waals surface area contributed by atoms with E-state index in [-0.39, 0.29) is 5.69 Å². The van der Waals surface area contributed by atoms with E-state index >= 15 is 0 Å². The molecule has 0 bridgehead atoms. The molecule has 0 spiro atoms. The van der Waals surface area contributed by atoms with Crippen molar-refractivity contribution in [2.24, 2.45) is 0 Å². The number of non-ortho nitro benzene ring substituents is 1. The van der Waals surface area contributed by atoms with Crippen molar-refractivity contribution in [3.8, 4) is 0 Å². The number of rotatable bonds is 4. The maximum Gasteiger partial charge on any atom is 0.269 e. The van der Waals surface area contributed by atoms with E-state index in [1.54, 1.807) is 6.92 Å². The van der Waals surface area contributed by atoms with Gasteiger partial charge in [0, 0.05) is 24.0 Å². The zero-order valence-electron chi connectivity index (χ0n) is 8.17. The highest BCUT2D eigenvalue weighted by Crippen LogP contribution is 2.21. The lowest BCUT2D eigenvalue weighted by Crippen LogP contribution is -2.29. The van der Waals surface area contributed by atoms with Gasteiger partial charge in [0.2, 0.25) is 0 Å². The maximum absolute atomic E-state index is 10.7. The first-order valence-corrected chi connectivity index (χ1v) is 4.51. The van der Waals surface area contributed by atoms with E-state index in [1.807, 2.05) is 0 Å². The second kappa shape index (κ2) is 4.54. The molecule has 1 atom stereocenters. The van der Waals surface area contributed by atoms with Crippen LogP contribution < -0.4 is 5.11 Å². The molecule has 0 radical (unpaired) electrons. The Hall–Kier alpha value is -1.91. The maximum atomic E-state index is 10.7. The number of nitro groups is 1. The summed E-state index contributed by atoms with van der Waals surface area (Å²) in [6, 6.07) is 5.48. The highest BCUT2D eigenvalue weighted by atomic mass is 16.6. The van der Waals surface area contributed by atoms with Crippen molar-refractivity contribution in [2.45, 2.75) is 19.3 Å². The number of nitrogens with zero attached hydrogens (tertiary/aromatic N) is 1. The third-order valence-corrected chi connectivity index (χ3v) is 2.20. The fraction of sp³-hybridized carbons (Fsp3) is 0.300. The van der Waals surface area contributed by atoms with E-state index in [0.717, 1.165) is 0 Å². The van der Waals surface area contributed by atoms with Crippen LogP contribution in [0.15, 0.2) is 24.3 Å². The van der Waals surface area contributed by atoms with Gasteiger partial charge in [-0.2, -0.15) is 0 Å². The highest BCUT2D eigenvalue weighted by molar-refractivity contribution is 5.74. The topological polar surface area (TPSA) is 83.3 Å². The molecule has 5 heteroatoms. The van der Waals surface area contributed by atoms with Gasteiger partial charge in [0.15, 0.2) is 0 Å². The Morgan fingerprint density at radius 3 is 2.27 bits per heavy atom. The molecule has 80 valence electrons. The Bertz CT molecular complexity index is 372. The number of carboxylic acid groups (broad SMARTS) is 1. The first-order valence-electron chi connectivity index (χ1n) is 4.51. The van der Waals surface area contributed by atoms with Gasteiger partial charge in [-0.05, 0) is 12.0 Å². The van der Waals surface area contributed by atoms with Gasteiger partial charge >= 0.3 is 0 Å². The van der Waals surface area contributed by atoms with Gasteiger partial charge in [-0.1, -0.05) is 19.1 Å². The third-order valence-electron chi connectivity index (χ3n) is 2.20. The van der Waals surface area contributed by atoms with Crippen molar-refractivity contribution in [3.05, 3.63) is 39.9 Å². The van der Waals surface area contributed by atoms with Crippen LogP contribution in [0.3, 0.4) is 0 Å². The fourth-order valence-electron chi connectivity index (χ4n) is 1.37. The van der Waals surface area contributed by atoms with Crippen molar-refractivity contribution in [3.63, 3.8) is 0 Å². The van der Waals surface area contributed by atoms with Gasteiger partial charge in [0.25, 0.3) is 5.69 Å². The van der Waals surface area contributed by atoms with Crippen LogP contribution in [-0.4, -0.2) is 10.9 Å². The lowest BCUT2D eigenvalue weighted by Gasteiger charge is -2.15. The molecule has 0 aromatic heterocycles. The largest absolute Gasteiger partial charge is 0.549 e. The number of aliphatic carboxylic acids is 1. The molecule has 0 saturated heterocycles. The number of hydrogen-bond donors (Lipinski definition) is 0. The van der Waals surface area contributed by atoms with Gasteiger partial charge in [-0.25, -0.2) is 0 Å². The van der Waals surface area contributed by atoms with Crippen LogP contribution in [0.25, 0.3) is 0 Å². The molecular weight excluding hydrogens is 198 g/mol. The van der Waals surface area contributed by atoms with Crippen LogP contribution in [0.4, 0.5) is 5.69 Å². The smallest absolute Gasteiger partial charge is 0.269 e. The Balaban J connectivity index is 2.97. The summed E-state index contributed by atoms with van der Waals surface area (Å²) in [6.07, 6.45) is 0.403. The molecule has 0 N–H and O–H groups in total. The predicted molar refractivity (Wildman–Crippen MR) is 51.1 cm³/mol. The van der Waals surface area contributed by atoms with E-state index in [1.165, 1.54) is 24.3 Å². The summed E-state index contributed by atoms with van der Waals surface area (Å²) in [7, 11) is 0. The van der Waals surface area contributed by atoms with Crippen molar-refractivity contribution < 1.29 is 14.8 Å². The minimum atomic E-state index is -1.16. The monoisotopic (exact) mass is 208 g/mol. The summed E-state index contributed by atoms with van der Waals surface area (Å²) in [5.41, 5.74) is 0.482. The number of hydrogen-bond acceptors (Lipinski definition) is 4. The molecule has 0 heterocycles. The summed E-state index contributed by atoms with van der Waals surface area (Å²) >= 11 is 0. The normalized spacial score (nSPS) is 12.1. The van der Waals surface area contributed by atoms with Gasteiger partial charge in [-0.3, -0.25) is 10.1 Å². The molecule has 0 amide bonds. The molecule has 1 rings (SSSR count). The fourth-order valence-corrected chi connectivity index (χ4v) is 1.37. The van der Waals surface area contributed by atoms with Crippen LogP contribution in [0.5, 0.6) is 0 Å². The van der Waals surface area contributed by atoms with E-state index in [9.17, 15) is 20.0 Å². The Kier molecular flexibility index (Phi) is 3.38. The lowest BCUT2D eigenvalue weighted by atomic mass is 9.97. The van der Waals surface area contributed by atoms with Gasteiger partial charge in [-0.15, -0.1) is 0 Å². The SMILES string of the molecule is CC[C@H](C(=O)[O-])c1ccc([N+](=O)[O-])cc1. The van der Waals surface area contributed by atoms with Crippen LogP contribution in [0.2, 0.25) is 0 Å². The molecule has 0 unspecified atom stereocenters. The molecule has 0 aliphatic carbocycles. The summed E-state index contributed by atoms with van der Waals surface area (Å²) in [5, 5.41) is 21.1. The standard InChI is InChI=1S/C10H11NO4/c1-2-9(10(12)13)7-3-5-8(6-4-7)11(14)15/h3-6,9H,2H2,1H3,(H,12,13)/p-1/t9-/m0/s1. The number of carbonyl (C=O) groups is 1. The first-order chi connectivity index (χ1) is 7.06. The summed E-state index contributed by atoms with van der Waals surface area (Å²) in [5.74, 6) is -1.86. The van der Waals surface area contributed by atoms with Crippen LogP contribution in [0.1, 0.15) is 24.8 Å². The Morgan fingerprint density at radius 1 is 1.40 bits per heavy atom. The molecular formula is C10H10NO4-. The van der Waals surface area contributed by atoms with E-state index in [0.29, 0.717) is 12.0 Å². The van der Waals surface area contributed by atoms with E-state index in [2.05, 4.69) is 0 Å². The zero-order valence-corrected chi connectivity index (χ0v) is 8.17. The predicted octanol–water partition coefficient (Wildman–Crippen LogP) is 0.838. The van der Waals surface area contributed by atoms with Crippen molar-refractivity contribution in [2.75, 3.05) is 0 Å². The Morgan fingerprint density at radius 2 is 1.93 bits per heavy atom. The van der Waals surface area contributed by atoms with Crippen molar-refractivity contribution in [1.82, 2.24) is 0 Å². The molecule has 15 heavy (non-hydrogen) atoms. The third kappa shape index (κ3) is 2.52. The van der Waals surface area contributed by atoms with Gasteiger partial charge < -0.3 is 9.90 Å². The number of benzene rings is 1. The second-order valence-electron chi connectivity index (χ2n) is 3.13. The van der Waals surface area contributed by atoms with E-state index in [4.69, 9.17) is 0 Å². The molecule has 1 aromatic rings. The Labute approximate surface area is 86.5 Å². The highest BCUT2D eigenvalue weighted by Gasteiger charge is 2.12. The lowest BCUT2D eigenvalue weighted by molar-refractivity contribution is -0.384. The van der Waals surface area contributed by atoms with Crippen LogP contribution in [-0.2, 0) is 4.79 Å². The number of carbonyl (C=O) groups excluding carboxylic acids is 1. The molecule has 0 aliphatic heterocycles. The van der Waals surface area contributed by atoms with Gasteiger partial charge in [0.1, 0.15) is 0 Å². The number of carboxylic acids is 1. The second-order valence-corrected chi connectivity index (χ2v) is 3.13. The minimum Gasteiger partial charge on any atom is -0.549 e. The molecule has 0 aliphatic rings. The summed E-state index contributed by atoms with van der Waals surface area (Å²) in [4.78, 5) is 20.5. The average molecular weight is 208 g/mol. The molecule has 0 fully saturated rings. The van der Waals surface area contributed by atoms with E-state index < -0.39 is 16.8 Å². The quantitative estimate of drug-likeness (QED) is 0.542. The molecule has 0 saturated carbocycles. The summed E-state index contributed by atoms with van der Waals surface area (Å²) in [6.45, 7) is 1.72. The average Bonchev–Trinajstić information content (AvgIpc) is 2.19. The zero-order chi connectivity index (χ0) is 11.4. The van der Waals surface area contributed by atoms with Crippen LogP contribution in [0, 0.1) is 10.1 Å². The molecule has 5 nitrogen and oxygen atoms in total. The summed E-state index contributed by atoms with van der Waals surface area (Å²) < 4.78 is 0.